The Bertz CT molecular complexity index is 560. The molecule has 0 spiro atoms. The quantitative estimate of drug-likeness (QED) is 0.717. The standard InChI is InChI=1S/C18H29N3O2/c1-12(2)17(23)21-11-16-7-14(9-18(4,5)19)6-15(8-16)10-20-13(3)22/h6-8,12H,9-11,19H2,1-5H3,(H,20,22)(H,21,23). The lowest BCUT2D eigenvalue weighted by Gasteiger charge is -2.20. The summed E-state index contributed by atoms with van der Waals surface area (Å²) in [5.41, 5.74) is 8.93. The number of nitrogens with one attached hydrogen (secondary N) is 2. The molecule has 1 aromatic carbocycles. The highest BCUT2D eigenvalue weighted by Gasteiger charge is 2.13. The van der Waals surface area contributed by atoms with Crippen molar-refractivity contribution in [3.63, 3.8) is 0 Å². The number of rotatable bonds is 7. The topological polar surface area (TPSA) is 84.2 Å². The van der Waals surface area contributed by atoms with Crippen molar-refractivity contribution in [3.8, 4) is 0 Å². The maximum absolute atomic E-state index is 11.7. The van der Waals surface area contributed by atoms with Crippen LogP contribution in [0.1, 0.15) is 51.3 Å². The largest absolute Gasteiger partial charge is 0.352 e. The molecule has 1 rings (SSSR count). The summed E-state index contributed by atoms with van der Waals surface area (Å²) in [7, 11) is 0. The number of hydrogen-bond acceptors (Lipinski definition) is 3. The minimum absolute atomic E-state index is 0.0259. The van der Waals surface area contributed by atoms with Crippen molar-refractivity contribution in [1.82, 2.24) is 10.6 Å². The number of benzene rings is 1. The maximum atomic E-state index is 11.7. The Balaban J connectivity index is 2.93. The Kier molecular flexibility index (Phi) is 6.76. The van der Waals surface area contributed by atoms with Gasteiger partial charge in [0.15, 0.2) is 0 Å². The van der Waals surface area contributed by atoms with Crippen LogP contribution in [0.25, 0.3) is 0 Å². The van der Waals surface area contributed by atoms with Crippen LogP contribution in [0.3, 0.4) is 0 Å². The molecule has 0 fully saturated rings. The molecule has 1 aromatic rings. The fraction of sp³-hybridized carbons (Fsp3) is 0.556. The van der Waals surface area contributed by atoms with Crippen molar-refractivity contribution < 1.29 is 9.59 Å². The van der Waals surface area contributed by atoms with Crippen molar-refractivity contribution in [1.29, 1.82) is 0 Å². The van der Waals surface area contributed by atoms with Gasteiger partial charge in [0, 0.05) is 31.5 Å². The molecule has 4 N–H and O–H groups in total. The first-order valence-electron chi connectivity index (χ1n) is 7.99. The summed E-state index contributed by atoms with van der Waals surface area (Å²) in [5, 5.41) is 5.73. The van der Waals surface area contributed by atoms with Gasteiger partial charge in [0.25, 0.3) is 0 Å². The van der Waals surface area contributed by atoms with E-state index < -0.39 is 0 Å². The molecule has 23 heavy (non-hydrogen) atoms. The Labute approximate surface area is 139 Å². The second-order valence-electron chi connectivity index (χ2n) is 7.11. The average Bonchev–Trinajstić information content (AvgIpc) is 2.40. The van der Waals surface area contributed by atoms with E-state index in [1.165, 1.54) is 6.92 Å². The lowest BCUT2D eigenvalue weighted by Crippen LogP contribution is -2.34. The highest BCUT2D eigenvalue weighted by atomic mass is 16.2. The van der Waals surface area contributed by atoms with Crippen LogP contribution >= 0.6 is 0 Å². The third-order valence-electron chi connectivity index (χ3n) is 3.30. The molecule has 2 amide bonds. The molecule has 0 bridgehead atoms. The van der Waals surface area contributed by atoms with E-state index in [9.17, 15) is 9.59 Å². The second-order valence-corrected chi connectivity index (χ2v) is 7.11. The van der Waals surface area contributed by atoms with Crippen molar-refractivity contribution in [2.75, 3.05) is 0 Å². The molecular weight excluding hydrogens is 290 g/mol. The van der Waals surface area contributed by atoms with Crippen molar-refractivity contribution in [2.24, 2.45) is 11.7 Å². The van der Waals surface area contributed by atoms with E-state index in [-0.39, 0.29) is 23.3 Å². The normalized spacial score (nSPS) is 11.4. The molecule has 0 aromatic heterocycles. The Morgan fingerprint density at radius 1 is 1.04 bits per heavy atom. The molecule has 0 radical (unpaired) electrons. The van der Waals surface area contributed by atoms with Crippen LogP contribution in [-0.2, 0) is 29.1 Å². The first kappa shape index (κ1) is 19.2. The van der Waals surface area contributed by atoms with Gasteiger partial charge in [-0.2, -0.15) is 0 Å². The first-order chi connectivity index (χ1) is 10.6. The zero-order valence-corrected chi connectivity index (χ0v) is 14.8. The summed E-state index contributed by atoms with van der Waals surface area (Å²) in [4.78, 5) is 22.9. The van der Waals surface area contributed by atoms with E-state index in [1.54, 1.807) is 0 Å². The molecule has 0 unspecified atom stereocenters. The molecule has 0 atom stereocenters. The Hall–Kier alpha value is -1.88. The van der Waals surface area contributed by atoms with Crippen LogP contribution < -0.4 is 16.4 Å². The fourth-order valence-electron chi connectivity index (χ4n) is 2.29. The predicted octanol–water partition coefficient (Wildman–Crippen LogP) is 1.87. The lowest BCUT2D eigenvalue weighted by atomic mass is 9.93. The molecule has 5 heteroatoms. The zero-order valence-electron chi connectivity index (χ0n) is 14.8. The lowest BCUT2D eigenvalue weighted by molar-refractivity contribution is -0.124. The minimum Gasteiger partial charge on any atom is -0.352 e. The van der Waals surface area contributed by atoms with E-state index >= 15 is 0 Å². The van der Waals surface area contributed by atoms with Crippen LogP contribution in [0, 0.1) is 5.92 Å². The smallest absolute Gasteiger partial charge is 0.222 e. The molecule has 0 saturated heterocycles. The van der Waals surface area contributed by atoms with Gasteiger partial charge in [-0.15, -0.1) is 0 Å². The van der Waals surface area contributed by atoms with E-state index in [1.807, 2.05) is 33.8 Å². The second kappa shape index (κ2) is 8.11. The predicted molar refractivity (Wildman–Crippen MR) is 92.6 cm³/mol. The molecular formula is C18H29N3O2. The zero-order chi connectivity index (χ0) is 17.6. The van der Waals surface area contributed by atoms with Gasteiger partial charge in [-0.3, -0.25) is 9.59 Å². The summed E-state index contributed by atoms with van der Waals surface area (Å²) in [6.07, 6.45) is 0.728. The summed E-state index contributed by atoms with van der Waals surface area (Å²) >= 11 is 0. The van der Waals surface area contributed by atoms with Crippen molar-refractivity contribution in [2.45, 2.75) is 59.7 Å². The van der Waals surface area contributed by atoms with Crippen LogP contribution in [0.5, 0.6) is 0 Å². The SMILES string of the molecule is CC(=O)NCc1cc(CNC(=O)C(C)C)cc(CC(C)(C)N)c1. The van der Waals surface area contributed by atoms with Crippen LogP contribution in [0.15, 0.2) is 18.2 Å². The third kappa shape index (κ3) is 7.79. The van der Waals surface area contributed by atoms with Crippen molar-refractivity contribution >= 4 is 11.8 Å². The molecule has 128 valence electrons. The number of carbonyl (C=O) groups is 2. The van der Waals surface area contributed by atoms with Crippen LogP contribution in [0.2, 0.25) is 0 Å². The van der Waals surface area contributed by atoms with Crippen LogP contribution in [-0.4, -0.2) is 17.4 Å². The van der Waals surface area contributed by atoms with Gasteiger partial charge < -0.3 is 16.4 Å². The average molecular weight is 319 g/mol. The summed E-state index contributed by atoms with van der Waals surface area (Å²) < 4.78 is 0. The van der Waals surface area contributed by atoms with Gasteiger partial charge in [-0.1, -0.05) is 32.0 Å². The highest BCUT2D eigenvalue weighted by molar-refractivity contribution is 5.77. The monoisotopic (exact) mass is 319 g/mol. The number of amides is 2. The van der Waals surface area contributed by atoms with Crippen LogP contribution in [0.4, 0.5) is 0 Å². The van der Waals surface area contributed by atoms with E-state index in [0.717, 1.165) is 23.1 Å². The molecule has 0 aliphatic heterocycles. The van der Waals surface area contributed by atoms with Gasteiger partial charge in [0.2, 0.25) is 11.8 Å². The molecule has 0 heterocycles. The summed E-state index contributed by atoms with van der Waals surface area (Å²) in [5.74, 6) is -0.0813. The molecule has 0 aliphatic rings. The fourth-order valence-corrected chi connectivity index (χ4v) is 2.29. The Morgan fingerprint density at radius 3 is 1.96 bits per heavy atom. The minimum atomic E-state index is -0.314. The highest BCUT2D eigenvalue weighted by Crippen LogP contribution is 2.16. The number of hydrogen-bond donors (Lipinski definition) is 3. The van der Waals surface area contributed by atoms with Gasteiger partial charge in [0.05, 0.1) is 0 Å². The van der Waals surface area contributed by atoms with E-state index in [0.29, 0.717) is 13.1 Å². The van der Waals surface area contributed by atoms with Gasteiger partial charge >= 0.3 is 0 Å². The molecule has 0 saturated carbocycles. The van der Waals surface area contributed by atoms with E-state index in [4.69, 9.17) is 5.73 Å². The molecule has 0 aliphatic carbocycles. The number of carbonyl (C=O) groups excluding carboxylic acids is 2. The summed E-state index contributed by atoms with van der Waals surface area (Å²) in [6.45, 7) is 10.1. The van der Waals surface area contributed by atoms with Gasteiger partial charge in [-0.25, -0.2) is 0 Å². The third-order valence-corrected chi connectivity index (χ3v) is 3.30. The number of nitrogens with two attached hydrogens (primary N) is 1. The van der Waals surface area contributed by atoms with Gasteiger partial charge in [-0.05, 0) is 37.0 Å². The molecule has 5 nitrogen and oxygen atoms in total. The van der Waals surface area contributed by atoms with Gasteiger partial charge in [0.1, 0.15) is 0 Å². The van der Waals surface area contributed by atoms with E-state index in [2.05, 4.69) is 22.8 Å². The Morgan fingerprint density at radius 2 is 1.52 bits per heavy atom. The summed E-state index contributed by atoms with van der Waals surface area (Å²) in [6, 6.07) is 6.12. The first-order valence-corrected chi connectivity index (χ1v) is 7.99. The van der Waals surface area contributed by atoms with Crippen molar-refractivity contribution in [3.05, 3.63) is 34.9 Å². The maximum Gasteiger partial charge on any atom is 0.222 e.